The van der Waals surface area contributed by atoms with Crippen LogP contribution in [0.25, 0.3) is 0 Å². The predicted molar refractivity (Wildman–Crippen MR) is 58.9 cm³/mol. The van der Waals surface area contributed by atoms with Crippen molar-refractivity contribution in [3.8, 4) is 0 Å². The van der Waals surface area contributed by atoms with Crippen molar-refractivity contribution < 1.29 is 31.2 Å². The highest BCUT2D eigenvalue weighted by Gasteiger charge is 2.43. The van der Waals surface area contributed by atoms with Gasteiger partial charge in [0.05, 0.1) is 6.61 Å². The molecule has 17 heavy (non-hydrogen) atoms. The van der Waals surface area contributed by atoms with Crippen LogP contribution in [-0.2, 0) is 13.6 Å². The second-order valence-electron chi connectivity index (χ2n) is 3.03. The lowest BCUT2D eigenvalue weighted by Crippen LogP contribution is -2.31. The third kappa shape index (κ3) is 6.64. The molecule has 9 heteroatoms. The first-order chi connectivity index (χ1) is 7.77. The topological polar surface area (TPSA) is 35.5 Å². The quantitative estimate of drug-likeness (QED) is 0.472. The lowest BCUT2D eigenvalue weighted by molar-refractivity contribution is -0.149. The van der Waals surface area contributed by atoms with Gasteiger partial charge in [-0.3, -0.25) is 4.52 Å². The van der Waals surface area contributed by atoms with E-state index in [-0.39, 0.29) is 6.61 Å². The maximum Gasteiger partial charge on any atom is 0.389 e. The lowest BCUT2D eigenvalue weighted by atomic mass is 10.4. The zero-order valence-corrected chi connectivity index (χ0v) is 11.2. The van der Waals surface area contributed by atoms with Crippen LogP contribution in [-0.4, -0.2) is 31.3 Å². The van der Waals surface area contributed by atoms with Crippen LogP contribution in [0.2, 0.25) is 0 Å². The Morgan fingerprint density at radius 2 is 1.88 bits per heavy atom. The summed E-state index contributed by atoms with van der Waals surface area (Å²) in [4.78, 5) is 0. The Morgan fingerprint density at radius 1 is 1.29 bits per heavy atom. The van der Waals surface area contributed by atoms with E-state index in [0.717, 1.165) is 11.4 Å². The molecule has 0 spiro atoms. The highest BCUT2D eigenvalue weighted by atomic mass is 32.7. The van der Waals surface area contributed by atoms with Crippen LogP contribution in [0.1, 0.15) is 20.3 Å². The molecule has 0 radical (unpaired) electrons. The van der Waals surface area contributed by atoms with Gasteiger partial charge >= 0.3 is 19.1 Å². The van der Waals surface area contributed by atoms with Crippen LogP contribution in [0.5, 0.6) is 0 Å². The molecule has 0 aromatic heterocycles. The second-order valence-corrected chi connectivity index (χ2v) is 7.23. The van der Waals surface area contributed by atoms with E-state index in [2.05, 4.69) is 4.52 Å². The van der Waals surface area contributed by atoms with E-state index in [1.165, 1.54) is 6.92 Å². The molecule has 0 aliphatic carbocycles. The Balaban J connectivity index is 4.40. The third-order valence-electron chi connectivity index (χ3n) is 1.48. The van der Waals surface area contributed by atoms with E-state index in [1.54, 1.807) is 6.92 Å². The van der Waals surface area contributed by atoms with Gasteiger partial charge in [-0.15, -0.1) is 0 Å². The second kappa shape index (κ2) is 7.61. The molecule has 0 saturated carbocycles. The Bertz CT molecular complexity index is 265. The minimum Gasteiger partial charge on any atom is -0.301 e. The number of halogens is 4. The summed E-state index contributed by atoms with van der Waals surface area (Å²) in [6.45, 7) is -2.09. The van der Waals surface area contributed by atoms with Crippen molar-refractivity contribution in [2.24, 2.45) is 0 Å². The standard InChI is InChI=1S/C8H15F4O3PS/c1-3-5-17-16(13,14-4-2)15-6-8(11,12)7(9)10/h7H,3-6H2,1-2H3. The molecule has 0 aromatic rings. The van der Waals surface area contributed by atoms with Crippen molar-refractivity contribution in [2.45, 2.75) is 32.6 Å². The van der Waals surface area contributed by atoms with Crippen LogP contribution in [0.15, 0.2) is 0 Å². The minimum absolute atomic E-state index is 0.00571. The maximum absolute atomic E-state index is 12.6. The Hall–Kier alpha value is 0.220. The zero-order valence-electron chi connectivity index (χ0n) is 9.50. The van der Waals surface area contributed by atoms with E-state index in [0.29, 0.717) is 12.2 Å². The first-order valence-corrected chi connectivity index (χ1v) is 8.10. The van der Waals surface area contributed by atoms with Gasteiger partial charge in [-0.25, -0.2) is 13.3 Å². The monoisotopic (exact) mass is 298 g/mol. The summed E-state index contributed by atoms with van der Waals surface area (Å²) in [6.07, 6.45) is -3.22. The summed E-state index contributed by atoms with van der Waals surface area (Å²) in [5.74, 6) is -3.95. The van der Waals surface area contributed by atoms with Crippen molar-refractivity contribution in [3.63, 3.8) is 0 Å². The summed E-state index contributed by atoms with van der Waals surface area (Å²) in [5.41, 5.74) is 0. The predicted octanol–water partition coefficient (Wildman–Crippen LogP) is 4.19. The first-order valence-electron chi connectivity index (χ1n) is 4.97. The molecular formula is C8H15F4O3PS. The Labute approximate surface area is 102 Å². The highest BCUT2D eigenvalue weighted by Crippen LogP contribution is 2.61. The van der Waals surface area contributed by atoms with Gasteiger partial charge in [-0.1, -0.05) is 6.92 Å². The normalized spacial score (nSPS) is 16.2. The van der Waals surface area contributed by atoms with Crippen molar-refractivity contribution in [1.82, 2.24) is 0 Å². The molecule has 1 unspecified atom stereocenters. The molecule has 0 heterocycles. The van der Waals surface area contributed by atoms with Crippen LogP contribution < -0.4 is 0 Å². The number of alkyl halides is 4. The van der Waals surface area contributed by atoms with E-state index >= 15 is 0 Å². The largest absolute Gasteiger partial charge is 0.389 e. The smallest absolute Gasteiger partial charge is 0.301 e. The van der Waals surface area contributed by atoms with Crippen LogP contribution in [0.4, 0.5) is 17.6 Å². The van der Waals surface area contributed by atoms with Crippen LogP contribution in [0.3, 0.4) is 0 Å². The molecular weight excluding hydrogens is 283 g/mol. The molecule has 0 aliphatic rings. The minimum atomic E-state index is -4.32. The van der Waals surface area contributed by atoms with Crippen molar-refractivity contribution in [2.75, 3.05) is 19.0 Å². The van der Waals surface area contributed by atoms with Gasteiger partial charge in [0.25, 0.3) is 0 Å². The summed E-state index contributed by atoms with van der Waals surface area (Å²) in [5, 5.41) is 0. The first kappa shape index (κ1) is 17.2. The Morgan fingerprint density at radius 3 is 2.29 bits per heavy atom. The molecule has 0 N–H and O–H groups in total. The molecule has 1 atom stereocenters. The van der Waals surface area contributed by atoms with Gasteiger partial charge in [-0.05, 0) is 24.7 Å². The van der Waals surface area contributed by atoms with Gasteiger partial charge in [-0.2, -0.15) is 8.78 Å². The zero-order chi connectivity index (χ0) is 13.5. The number of rotatable bonds is 9. The molecule has 0 amide bonds. The average Bonchev–Trinajstić information content (AvgIpc) is 2.24. The molecule has 0 aliphatic heterocycles. The van der Waals surface area contributed by atoms with Crippen molar-refractivity contribution in [1.29, 1.82) is 0 Å². The molecule has 0 rings (SSSR count). The van der Waals surface area contributed by atoms with Gasteiger partial charge in [0.1, 0.15) is 6.61 Å². The molecule has 0 fully saturated rings. The van der Waals surface area contributed by atoms with E-state index < -0.39 is 25.8 Å². The van der Waals surface area contributed by atoms with Gasteiger partial charge in [0.15, 0.2) is 0 Å². The van der Waals surface area contributed by atoms with Gasteiger partial charge < -0.3 is 4.52 Å². The molecule has 3 nitrogen and oxygen atoms in total. The fourth-order valence-electron chi connectivity index (χ4n) is 0.701. The van der Waals surface area contributed by atoms with Gasteiger partial charge in [0, 0.05) is 5.75 Å². The molecule has 104 valence electrons. The molecule has 0 bridgehead atoms. The molecule has 0 aromatic carbocycles. The summed E-state index contributed by atoms with van der Waals surface area (Å²) < 4.78 is 69.7. The lowest BCUT2D eigenvalue weighted by Gasteiger charge is -2.20. The maximum atomic E-state index is 12.6. The summed E-state index contributed by atoms with van der Waals surface area (Å²) >= 11 is 0.734. The van der Waals surface area contributed by atoms with Crippen molar-refractivity contribution >= 4 is 18.2 Å². The fourth-order valence-corrected chi connectivity index (χ4v) is 4.12. The van der Waals surface area contributed by atoms with Crippen LogP contribution in [0, 0.1) is 0 Å². The van der Waals surface area contributed by atoms with E-state index in [1.807, 2.05) is 0 Å². The Kier molecular flexibility index (Phi) is 7.71. The van der Waals surface area contributed by atoms with Crippen LogP contribution >= 0.6 is 18.2 Å². The average molecular weight is 298 g/mol. The van der Waals surface area contributed by atoms with Crippen molar-refractivity contribution in [3.05, 3.63) is 0 Å². The van der Waals surface area contributed by atoms with E-state index in [9.17, 15) is 22.1 Å². The number of hydrogen-bond acceptors (Lipinski definition) is 4. The SMILES string of the molecule is CCCSP(=O)(OCC)OCC(F)(F)C(F)F. The van der Waals surface area contributed by atoms with E-state index in [4.69, 9.17) is 4.52 Å². The highest BCUT2D eigenvalue weighted by molar-refractivity contribution is 8.55. The fraction of sp³-hybridized carbons (Fsp3) is 1.00. The van der Waals surface area contributed by atoms with Gasteiger partial charge in [0.2, 0.25) is 0 Å². The summed E-state index contributed by atoms with van der Waals surface area (Å²) in [6, 6.07) is 0. The summed E-state index contributed by atoms with van der Waals surface area (Å²) in [7, 11) is 0. The number of hydrogen-bond donors (Lipinski definition) is 0. The third-order valence-corrected chi connectivity index (χ3v) is 5.53. The molecule has 0 saturated heterocycles.